The van der Waals surface area contributed by atoms with Crippen molar-refractivity contribution in [3.8, 4) is 11.5 Å². The molecule has 0 saturated carbocycles. The number of rotatable bonds is 9. The highest BCUT2D eigenvalue weighted by atomic mass is 16.5. The van der Waals surface area contributed by atoms with E-state index in [2.05, 4.69) is 42.3 Å². The van der Waals surface area contributed by atoms with E-state index in [-0.39, 0.29) is 12.0 Å². The predicted octanol–water partition coefficient (Wildman–Crippen LogP) is 3.73. The van der Waals surface area contributed by atoms with Crippen molar-refractivity contribution in [1.29, 1.82) is 0 Å². The lowest BCUT2D eigenvalue weighted by Gasteiger charge is -2.33. The van der Waals surface area contributed by atoms with E-state index in [4.69, 9.17) is 14.2 Å². The number of hydrogen-bond donors (Lipinski definition) is 1. The van der Waals surface area contributed by atoms with Gasteiger partial charge in [-0.3, -0.25) is 9.69 Å². The first-order chi connectivity index (χ1) is 15.0. The Bertz CT molecular complexity index is 876. The number of nitrogens with zero attached hydrogens (tertiary/aromatic N) is 1. The third-order valence-corrected chi connectivity index (χ3v) is 5.75. The largest absolute Gasteiger partial charge is 0.497 e. The first-order valence-electron chi connectivity index (χ1n) is 10.9. The zero-order chi connectivity index (χ0) is 22.2. The monoisotopic (exact) mass is 426 g/mol. The van der Waals surface area contributed by atoms with Gasteiger partial charge in [-0.25, -0.2) is 0 Å². The third kappa shape index (κ3) is 6.45. The molecule has 0 radical (unpaired) electrons. The molecule has 0 aliphatic carbocycles. The molecule has 1 amide bonds. The second-order valence-electron chi connectivity index (χ2n) is 8.13. The number of carbonyl (C=O) groups is 1. The number of amides is 1. The van der Waals surface area contributed by atoms with E-state index in [1.54, 1.807) is 32.4 Å². The van der Waals surface area contributed by atoms with E-state index in [0.717, 1.165) is 32.5 Å². The van der Waals surface area contributed by atoms with Gasteiger partial charge in [0.05, 0.1) is 19.3 Å². The van der Waals surface area contributed by atoms with E-state index in [1.807, 2.05) is 0 Å². The number of aryl methyl sites for hydroxylation is 2. The van der Waals surface area contributed by atoms with Gasteiger partial charge in [0.15, 0.2) is 0 Å². The van der Waals surface area contributed by atoms with E-state index >= 15 is 0 Å². The Kier molecular flexibility index (Phi) is 8.32. The van der Waals surface area contributed by atoms with Gasteiger partial charge in [0.1, 0.15) is 17.6 Å². The molecular formula is C25H34N2O4. The van der Waals surface area contributed by atoms with E-state index in [1.165, 1.54) is 16.7 Å². The van der Waals surface area contributed by atoms with Crippen LogP contribution in [0.1, 0.15) is 39.9 Å². The van der Waals surface area contributed by atoms with Gasteiger partial charge in [0.2, 0.25) is 0 Å². The highest BCUT2D eigenvalue weighted by Crippen LogP contribution is 2.28. The van der Waals surface area contributed by atoms with E-state index in [9.17, 15) is 4.79 Å². The summed E-state index contributed by atoms with van der Waals surface area (Å²) < 4.78 is 16.7. The molecule has 1 heterocycles. The summed E-state index contributed by atoms with van der Waals surface area (Å²) in [5.41, 5.74) is 4.55. The summed E-state index contributed by atoms with van der Waals surface area (Å²) in [6, 6.07) is 12.0. The van der Waals surface area contributed by atoms with E-state index < -0.39 is 0 Å². The number of carbonyl (C=O) groups excluding carboxylic acids is 1. The Morgan fingerprint density at radius 3 is 2.58 bits per heavy atom. The summed E-state index contributed by atoms with van der Waals surface area (Å²) in [5, 5.41) is 2.87. The molecule has 1 N–H and O–H groups in total. The highest BCUT2D eigenvalue weighted by molar-refractivity contribution is 5.97. The predicted molar refractivity (Wildman–Crippen MR) is 122 cm³/mol. The fourth-order valence-corrected chi connectivity index (χ4v) is 3.85. The number of piperidine rings is 1. The van der Waals surface area contributed by atoms with Crippen molar-refractivity contribution >= 4 is 5.91 Å². The van der Waals surface area contributed by atoms with Crippen LogP contribution in [0.3, 0.4) is 0 Å². The van der Waals surface area contributed by atoms with Crippen LogP contribution < -0.4 is 14.8 Å². The number of benzene rings is 2. The van der Waals surface area contributed by atoms with Crippen LogP contribution in [0.2, 0.25) is 0 Å². The molecule has 6 heteroatoms. The van der Waals surface area contributed by atoms with Gasteiger partial charge >= 0.3 is 0 Å². The molecule has 0 spiro atoms. The molecule has 6 nitrogen and oxygen atoms in total. The van der Waals surface area contributed by atoms with Crippen molar-refractivity contribution in [3.05, 3.63) is 58.7 Å². The first kappa shape index (κ1) is 23.1. The standard InChI is InChI=1S/C25H34N2O4/c1-18-5-6-19(2)20(15-18)17-27-12-9-21(10-13-27)31-24-16-22(30-4)7-8-23(24)25(28)26-11-14-29-3/h5-8,15-16,21H,9-14,17H2,1-4H3,(H,26,28). The zero-order valence-corrected chi connectivity index (χ0v) is 19.1. The zero-order valence-electron chi connectivity index (χ0n) is 19.1. The maximum absolute atomic E-state index is 12.6. The number of methoxy groups -OCH3 is 2. The minimum absolute atomic E-state index is 0.0764. The van der Waals surface area contributed by atoms with Crippen LogP contribution in [0.25, 0.3) is 0 Å². The molecule has 2 aromatic rings. The van der Waals surface area contributed by atoms with Crippen LogP contribution >= 0.6 is 0 Å². The molecule has 0 aromatic heterocycles. The van der Waals surface area contributed by atoms with Gasteiger partial charge in [-0.1, -0.05) is 23.8 Å². The number of likely N-dealkylation sites (tertiary alicyclic amines) is 1. The Labute approximate surface area is 185 Å². The van der Waals surface area contributed by atoms with Crippen LogP contribution in [0.15, 0.2) is 36.4 Å². The van der Waals surface area contributed by atoms with Crippen molar-refractivity contribution in [1.82, 2.24) is 10.2 Å². The van der Waals surface area contributed by atoms with Crippen molar-refractivity contribution in [3.63, 3.8) is 0 Å². The topological polar surface area (TPSA) is 60.0 Å². The summed E-state index contributed by atoms with van der Waals surface area (Å²) in [5.74, 6) is 1.08. The van der Waals surface area contributed by atoms with Crippen molar-refractivity contribution in [2.24, 2.45) is 0 Å². The SMILES string of the molecule is COCCNC(=O)c1ccc(OC)cc1OC1CCN(Cc2cc(C)ccc2C)CC1. The minimum Gasteiger partial charge on any atom is -0.497 e. The van der Waals surface area contributed by atoms with Gasteiger partial charge in [-0.05, 0) is 49.9 Å². The summed E-state index contributed by atoms with van der Waals surface area (Å²) in [7, 11) is 3.23. The van der Waals surface area contributed by atoms with Crippen LogP contribution in [0.5, 0.6) is 11.5 Å². The van der Waals surface area contributed by atoms with Crippen molar-refractivity contribution in [2.75, 3.05) is 40.5 Å². The summed E-state index contributed by atoms with van der Waals surface area (Å²) in [6.07, 6.45) is 1.92. The van der Waals surface area contributed by atoms with Crippen molar-refractivity contribution in [2.45, 2.75) is 39.3 Å². The van der Waals surface area contributed by atoms with E-state index in [0.29, 0.717) is 30.2 Å². The lowest BCUT2D eigenvalue weighted by Crippen LogP contribution is -2.38. The molecule has 0 unspecified atom stereocenters. The molecule has 1 aliphatic heterocycles. The maximum atomic E-state index is 12.6. The Morgan fingerprint density at radius 2 is 1.87 bits per heavy atom. The fourth-order valence-electron chi connectivity index (χ4n) is 3.85. The van der Waals surface area contributed by atoms with Crippen LogP contribution in [-0.2, 0) is 11.3 Å². The molecule has 1 aliphatic rings. The second-order valence-corrected chi connectivity index (χ2v) is 8.13. The average Bonchev–Trinajstić information content (AvgIpc) is 2.77. The molecule has 1 fully saturated rings. The lowest BCUT2D eigenvalue weighted by molar-refractivity contribution is 0.0881. The average molecular weight is 427 g/mol. The number of hydrogen-bond acceptors (Lipinski definition) is 5. The molecule has 0 atom stereocenters. The van der Waals surface area contributed by atoms with Gasteiger partial charge in [0, 0.05) is 39.4 Å². The molecule has 2 aromatic carbocycles. The van der Waals surface area contributed by atoms with Gasteiger partial charge < -0.3 is 19.5 Å². The molecule has 31 heavy (non-hydrogen) atoms. The Balaban J connectivity index is 1.61. The van der Waals surface area contributed by atoms with Crippen LogP contribution in [0.4, 0.5) is 0 Å². The second kappa shape index (κ2) is 11.2. The quantitative estimate of drug-likeness (QED) is 0.619. The summed E-state index contributed by atoms with van der Waals surface area (Å²) in [4.78, 5) is 15.1. The molecule has 0 bridgehead atoms. The fraction of sp³-hybridized carbons (Fsp3) is 0.480. The smallest absolute Gasteiger partial charge is 0.255 e. The number of ether oxygens (including phenoxy) is 3. The normalized spacial score (nSPS) is 15.0. The molecule has 168 valence electrons. The highest BCUT2D eigenvalue weighted by Gasteiger charge is 2.23. The van der Waals surface area contributed by atoms with Gasteiger partial charge in [-0.2, -0.15) is 0 Å². The van der Waals surface area contributed by atoms with Crippen LogP contribution in [-0.4, -0.2) is 57.4 Å². The molecular weight excluding hydrogens is 392 g/mol. The summed E-state index contributed by atoms with van der Waals surface area (Å²) >= 11 is 0. The summed E-state index contributed by atoms with van der Waals surface area (Å²) in [6.45, 7) is 8.14. The lowest BCUT2D eigenvalue weighted by atomic mass is 10.0. The maximum Gasteiger partial charge on any atom is 0.255 e. The Hall–Kier alpha value is -2.57. The third-order valence-electron chi connectivity index (χ3n) is 5.75. The molecule has 1 saturated heterocycles. The Morgan fingerprint density at radius 1 is 1.10 bits per heavy atom. The van der Waals surface area contributed by atoms with Gasteiger partial charge in [0.25, 0.3) is 5.91 Å². The van der Waals surface area contributed by atoms with Crippen LogP contribution in [0, 0.1) is 13.8 Å². The van der Waals surface area contributed by atoms with Crippen molar-refractivity contribution < 1.29 is 19.0 Å². The molecule has 3 rings (SSSR count). The van der Waals surface area contributed by atoms with Gasteiger partial charge in [-0.15, -0.1) is 0 Å². The number of nitrogens with one attached hydrogen (secondary N) is 1. The first-order valence-corrected chi connectivity index (χ1v) is 10.9. The minimum atomic E-state index is -0.165.